The fraction of sp³-hybridized carbons (Fsp3) is 0.917. The van der Waals surface area contributed by atoms with E-state index in [0.29, 0.717) is 6.54 Å². The molecule has 7 heteroatoms. The highest BCUT2D eigenvalue weighted by Gasteiger charge is 2.35. The van der Waals surface area contributed by atoms with Crippen LogP contribution in [0.4, 0.5) is 13.2 Å². The predicted octanol–water partition coefficient (Wildman–Crippen LogP) is 1.80. The Kier molecular flexibility index (Phi) is 7.36. The van der Waals surface area contributed by atoms with Crippen molar-refractivity contribution in [1.29, 1.82) is 0 Å². The maximum atomic E-state index is 12.3. The number of hydrogen-bond donors (Lipinski definition) is 1. The van der Waals surface area contributed by atoms with Crippen molar-refractivity contribution in [3.63, 3.8) is 0 Å². The van der Waals surface area contributed by atoms with Crippen LogP contribution < -0.4 is 5.32 Å². The summed E-state index contributed by atoms with van der Waals surface area (Å²) in [5.41, 5.74) is -0.956. The first kappa shape index (κ1) is 18.2. The molecule has 0 aromatic carbocycles. The van der Waals surface area contributed by atoms with Crippen LogP contribution in [-0.2, 0) is 9.53 Å². The van der Waals surface area contributed by atoms with Crippen LogP contribution in [0.5, 0.6) is 0 Å². The van der Waals surface area contributed by atoms with Crippen molar-refractivity contribution in [2.45, 2.75) is 38.9 Å². The van der Waals surface area contributed by atoms with Gasteiger partial charge in [0.05, 0.1) is 13.7 Å². The second-order valence-electron chi connectivity index (χ2n) is 4.59. The fourth-order valence-electron chi connectivity index (χ4n) is 1.86. The van der Waals surface area contributed by atoms with Gasteiger partial charge in [0.15, 0.2) is 0 Å². The monoisotopic (exact) mass is 284 g/mol. The minimum atomic E-state index is -4.23. The van der Waals surface area contributed by atoms with Crippen molar-refractivity contribution in [3.8, 4) is 0 Å². The number of likely N-dealkylation sites (N-methyl/N-ethyl adjacent to an activating group) is 1. The Morgan fingerprint density at radius 1 is 1.32 bits per heavy atom. The quantitative estimate of drug-likeness (QED) is 0.690. The van der Waals surface area contributed by atoms with Crippen molar-refractivity contribution in [3.05, 3.63) is 0 Å². The lowest BCUT2D eigenvalue weighted by molar-refractivity contribution is -0.150. The molecule has 0 aromatic rings. The molecule has 19 heavy (non-hydrogen) atoms. The summed E-state index contributed by atoms with van der Waals surface area (Å²) in [5.74, 6) is -0.461. The van der Waals surface area contributed by atoms with Gasteiger partial charge in [0, 0.05) is 6.54 Å². The molecule has 0 fully saturated rings. The van der Waals surface area contributed by atoms with Crippen molar-refractivity contribution in [1.82, 2.24) is 10.2 Å². The minimum absolute atomic E-state index is 0.175. The molecular formula is C12H23F3N2O2. The van der Waals surface area contributed by atoms with Crippen molar-refractivity contribution >= 4 is 5.97 Å². The molecular weight excluding hydrogens is 261 g/mol. The maximum absolute atomic E-state index is 12.3. The lowest BCUT2D eigenvalue weighted by Crippen LogP contribution is -2.52. The van der Waals surface area contributed by atoms with Gasteiger partial charge in [0.2, 0.25) is 0 Å². The van der Waals surface area contributed by atoms with E-state index >= 15 is 0 Å². The summed E-state index contributed by atoms with van der Waals surface area (Å²) >= 11 is 0. The third-order valence-corrected chi connectivity index (χ3v) is 2.98. The van der Waals surface area contributed by atoms with Gasteiger partial charge >= 0.3 is 12.1 Å². The number of carbonyl (C=O) groups excluding carboxylic acids is 1. The first-order valence-corrected chi connectivity index (χ1v) is 6.31. The first-order valence-electron chi connectivity index (χ1n) is 6.31. The number of alkyl halides is 3. The normalized spacial score (nSPS) is 15.4. The van der Waals surface area contributed by atoms with Gasteiger partial charge in [-0.25, -0.2) is 0 Å². The number of ether oxygens (including phenoxy) is 1. The molecule has 0 aliphatic rings. The molecule has 0 heterocycles. The van der Waals surface area contributed by atoms with Crippen LogP contribution in [-0.4, -0.2) is 55.9 Å². The Morgan fingerprint density at radius 2 is 1.89 bits per heavy atom. The fourth-order valence-corrected chi connectivity index (χ4v) is 1.86. The van der Waals surface area contributed by atoms with E-state index in [0.717, 1.165) is 0 Å². The molecule has 0 spiro atoms. The number of halogens is 3. The standard InChI is InChI=1S/C12H23F3N2O2/c1-5-16-11(3,10(18)19-4)7-8-17(6-2)9-12(13,14)15/h16H,5-9H2,1-4H3. The molecule has 0 rings (SSSR count). The molecule has 0 saturated carbocycles. The van der Waals surface area contributed by atoms with Gasteiger partial charge in [0.25, 0.3) is 0 Å². The number of rotatable bonds is 8. The van der Waals surface area contributed by atoms with E-state index in [1.54, 1.807) is 13.8 Å². The van der Waals surface area contributed by atoms with E-state index < -0.39 is 24.2 Å². The lowest BCUT2D eigenvalue weighted by Gasteiger charge is -2.30. The molecule has 114 valence electrons. The first-order chi connectivity index (χ1) is 8.68. The average molecular weight is 284 g/mol. The zero-order valence-electron chi connectivity index (χ0n) is 11.9. The smallest absolute Gasteiger partial charge is 0.401 e. The molecule has 1 atom stereocenters. The Hall–Kier alpha value is -0.820. The van der Waals surface area contributed by atoms with E-state index in [2.05, 4.69) is 5.32 Å². The third kappa shape index (κ3) is 6.77. The van der Waals surface area contributed by atoms with Crippen LogP contribution in [0.2, 0.25) is 0 Å². The van der Waals surface area contributed by atoms with E-state index in [1.807, 2.05) is 6.92 Å². The van der Waals surface area contributed by atoms with E-state index in [-0.39, 0.29) is 19.5 Å². The average Bonchev–Trinajstić information content (AvgIpc) is 2.32. The Labute approximate surface area is 112 Å². The van der Waals surface area contributed by atoms with Gasteiger partial charge in [-0.3, -0.25) is 9.69 Å². The summed E-state index contributed by atoms with van der Waals surface area (Å²) in [5, 5.41) is 2.97. The summed E-state index contributed by atoms with van der Waals surface area (Å²) in [4.78, 5) is 12.9. The number of nitrogens with zero attached hydrogens (tertiary/aromatic N) is 1. The molecule has 4 nitrogen and oxygen atoms in total. The van der Waals surface area contributed by atoms with E-state index in [1.165, 1.54) is 12.0 Å². The molecule has 0 aromatic heterocycles. The van der Waals surface area contributed by atoms with Gasteiger partial charge < -0.3 is 10.1 Å². The lowest BCUT2D eigenvalue weighted by atomic mass is 9.97. The number of nitrogens with one attached hydrogen (secondary N) is 1. The predicted molar refractivity (Wildman–Crippen MR) is 66.9 cm³/mol. The molecule has 0 saturated heterocycles. The largest absolute Gasteiger partial charge is 0.468 e. The zero-order valence-corrected chi connectivity index (χ0v) is 11.9. The molecule has 1 N–H and O–H groups in total. The van der Waals surface area contributed by atoms with Crippen LogP contribution in [0.3, 0.4) is 0 Å². The Bertz CT molecular complexity index is 285. The zero-order chi connectivity index (χ0) is 15.1. The Balaban J connectivity index is 4.56. The summed E-state index contributed by atoms with van der Waals surface area (Å²) in [6.07, 6.45) is -3.96. The summed E-state index contributed by atoms with van der Waals surface area (Å²) in [6, 6.07) is 0. The van der Waals surface area contributed by atoms with Gasteiger partial charge in [-0.1, -0.05) is 13.8 Å². The van der Waals surface area contributed by atoms with Gasteiger partial charge in [-0.05, 0) is 26.4 Å². The highest BCUT2D eigenvalue weighted by atomic mass is 19.4. The van der Waals surface area contributed by atoms with Crippen LogP contribution in [0, 0.1) is 0 Å². The summed E-state index contributed by atoms with van der Waals surface area (Å²) in [7, 11) is 1.27. The van der Waals surface area contributed by atoms with E-state index in [4.69, 9.17) is 4.74 Å². The van der Waals surface area contributed by atoms with Crippen molar-refractivity contribution in [2.24, 2.45) is 0 Å². The highest BCUT2D eigenvalue weighted by Crippen LogP contribution is 2.18. The maximum Gasteiger partial charge on any atom is 0.401 e. The second kappa shape index (κ2) is 7.69. The number of carbonyl (C=O) groups is 1. The topological polar surface area (TPSA) is 41.6 Å². The molecule has 0 aliphatic heterocycles. The van der Waals surface area contributed by atoms with Crippen LogP contribution in [0.1, 0.15) is 27.2 Å². The molecule has 0 aliphatic carbocycles. The van der Waals surface area contributed by atoms with Crippen LogP contribution in [0.25, 0.3) is 0 Å². The van der Waals surface area contributed by atoms with Gasteiger partial charge in [-0.15, -0.1) is 0 Å². The third-order valence-electron chi connectivity index (χ3n) is 2.98. The SMILES string of the molecule is CCNC(C)(CCN(CC)CC(F)(F)F)C(=O)OC. The summed E-state index contributed by atoms with van der Waals surface area (Å²) in [6.45, 7) is 5.16. The highest BCUT2D eigenvalue weighted by molar-refractivity contribution is 5.80. The van der Waals surface area contributed by atoms with Gasteiger partial charge in [0.1, 0.15) is 5.54 Å². The van der Waals surface area contributed by atoms with Crippen LogP contribution in [0.15, 0.2) is 0 Å². The van der Waals surface area contributed by atoms with Crippen molar-refractivity contribution in [2.75, 3.05) is 33.3 Å². The minimum Gasteiger partial charge on any atom is -0.468 e. The van der Waals surface area contributed by atoms with Gasteiger partial charge in [-0.2, -0.15) is 13.2 Å². The molecule has 1 unspecified atom stereocenters. The molecule has 0 bridgehead atoms. The number of methoxy groups -OCH3 is 1. The number of esters is 1. The summed E-state index contributed by atoms with van der Waals surface area (Å²) < 4.78 is 41.7. The molecule has 0 radical (unpaired) electrons. The van der Waals surface area contributed by atoms with Crippen LogP contribution >= 0.6 is 0 Å². The number of hydrogen-bond acceptors (Lipinski definition) is 4. The second-order valence-corrected chi connectivity index (χ2v) is 4.59. The Morgan fingerprint density at radius 3 is 2.26 bits per heavy atom. The molecule has 0 amide bonds. The van der Waals surface area contributed by atoms with E-state index in [9.17, 15) is 18.0 Å². The van der Waals surface area contributed by atoms with Crippen molar-refractivity contribution < 1.29 is 22.7 Å².